The number of carbonyl (C=O) groups excluding carboxylic acids is 6. The van der Waals surface area contributed by atoms with Crippen molar-refractivity contribution in [2.75, 3.05) is 24.7 Å². The minimum atomic E-state index is -1.12. The van der Waals surface area contributed by atoms with Crippen LogP contribution in [0.5, 0.6) is 0 Å². The highest BCUT2D eigenvalue weighted by atomic mass is 16.6. The van der Waals surface area contributed by atoms with Gasteiger partial charge < -0.3 is 30.2 Å². The molecular weight excluding hydrogens is 536 g/mol. The SMILES string of the molecule is CCOC(=O)CC[C@@H](NC(=O)[C@H](C)NC(=O)CNC(=O)C1Cc2ccccc2N1C(=O)OC(C)(C)C)C(=O)OCC. The molecule has 3 N–H and O–H groups in total. The summed E-state index contributed by atoms with van der Waals surface area (Å²) >= 11 is 0. The van der Waals surface area contributed by atoms with Gasteiger partial charge in [-0.3, -0.25) is 24.1 Å². The number of hydrogen-bond donors (Lipinski definition) is 3. The summed E-state index contributed by atoms with van der Waals surface area (Å²) in [6.45, 7) is 9.62. The topological polar surface area (TPSA) is 169 Å². The first kappa shape index (κ1) is 33.0. The molecule has 1 aromatic rings. The van der Waals surface area contributed by atoms with Crippen molar-refractivity contribution in [3.05, 3.63) is 29.8 Å². The zero-order valence-electron chi connectivity index (χ0n) is 24.4. The Hall–Kier alpha value is -4.16. The Labute approximate surface area is 239 Å². The Bertz CT molecular complexity index is 1130. The van der Waals surface area contributed by atoms with Gasteiger partial charge >= 0.3 is 18.0 Å². The van der Waals surface area contributed by atoms with E-state index in [1.54, 1.807) is 52.8 Å². The molecule has 1 unspecified atom stereocenters. The van der Waals surface area contributed by atoms with Gasteiger partial charge in [0.05, 0.1) is 25.4 Å². The highest BCUT2D eigenvalue weighted by Crippen LogP contribution is 2.33. The maximum atomic E-state index is 13.1. The molecule has 0 spiro atoms. The molecule has 0 saturated heterocycles. The maximum Gasteiger partial charge on any atom is 0.415 e. The van der Waals surface area contributed by atoms with E-state index in [-0.39, 0.29) is 32.5 Å². The lowest BCUT2D eigenvalue weighted by Gasteiger charge is -2.28. The number of anilines is 1. The van der Waals surface area contributed by atoms with Crippen molar-refractivity contribution in [3.63, 3.8) is 0 Å². The Balaban J connectivity index is 1.96. The average Bonchev–Trinajstić information content (AvgIpc) is 3.28. The van der Waals surface area contributed by atoms with Crippen molar-refractivity contribution in [1.82, 2.24) is 16.0 Å². The monoisotopic (exact) mass is 576 g/mol. The standard InChI is InChI=1S/C28H40N4O9/c1-7-39-23(34)14-13-19(26(37)40-8-2)31-24(35)17(3)30-22(33)16-29-25(36)21-15-18-11-9-10-12-20(18)32(21)27(38)41-28(4,5)6/h9-12,17,19,21H,7-8,13-16H2,1-6H3,(H,29,36)(H,30,33)(H,31,35)/t17-,19+,21?/m0/s1. The van der Waals surface area contributed by atoms with Gasteiger partial charge in [-0.05, 0) is 59.6 Å². The predicted octanol–water partition coefficient (Wildman–Crippen LogP) is 1.36. The number of benzene rings is 1. The fraction of sp³-hybridized carbons (Fsp3) is 0.571. The fourth-order valence-electron chi connectivity index (χ4n) is 4.06. The molecule has 0 bridgehead atoms. The van der Waals surface area contributed by atoms with Crippen LogP contribution in [0.4, 0.5) is 10.5 Å². The van der Waals surface area contributed by atoms with E-state index in [0.29, 0.717) is 5.69 Å². The summed E-state index contributed by atoms with van der Waals surface area (Å²) in [7, 11) is 0. The number of fused-ring (bicyclic) bond motifs is 1. The molecule has 0 aliphatic carbocycles. The molecule has 1 aromatic carbocycles. The molecule has 2 rings (SSSR count). The Kier molecular flexibility index (Phi) is 12.1. The number of amides is 4. The number of rotatable bonds is 12. The van der Waals surface area contributed by atoms with Crippen LogP contribution in [0.1, 0.15) is 59.9 Å². The zero-order chi connectivity index (χ0) is 30.7. The second kappa shape index (κ2) is 15.0. The molecule has 1 heterocycles. The minimum absolute atomic E-state index is 0.0436. The van der Waals surface area contributed by atoms with Gasteiger partial charge in [-0.2, -0.15) is 0 Å². The molecular formula is C28H40N4O9. The van der Waals surface area contributed by atoms with E-state index in [1.165, 1.54) is 11.8 Å². The van der Waals surface area contributed by atoms with Gasteiger partial charge in [0, 0.05) is 12.8 Å². The highest BCUT2D eigenvalue weighted by Gasteiger charge is 2.40. The number of esters is 2. The molecule has 1 aliphatic heterocycles. The van der Waals surface area contributed by atoms with Crippen LogP contribution in [-0.2, 0) is 44.6 Å². The van der Waals surface area contributed by atoms with Gasteiger partial charge in [0.2, 0.25) is 17.7 Å². The molecule has 0 aromatic heterocycles. The number of nitrogens with one attached hydrogen (secondary N) is 3. The second-order valence-electron chi connectivity index (χ2n) is 10.4. The van der Waals surface area contributed by atoms with Crippen molar-refractivity contribution >= 4 is 41.4 Å². The quantitative estimate of drug-likeness (QED) is 0.246. The van der Waals surface area contributed by atoms with Gasteiger partial charge in [0.1, 0.15) is 23.7 Å². The Morgan fingerprint density at radius 2 is 1.66 bits per heavy atom. The third-order valence-electron chi connectivity index (χ3n) is 5.89. The zero-order valence-corrected chi connectivity index (χ0v) is 24.4. The first-order valence-electron chi connectivity index (χ1n) is 13.6. The first-order chi connectivity index (χ1) is 19.3. The van der Waals surface area contributed by atoms with Crippen LogP contribution >= 0.6 is 0 Å². The van der Waals surface area contributed by atoms with Crippen LogP contribution in [0.25, 0.3) is 0 Å². The van der Waals surface area contributed by atoms with Crippen molar-refractivity contribution in [1.29, 1.82) is 0 Å². The molecule has 1 aliphatic rings. The third-order valence-corrected chi connectivity index (χ3v) is 5.89. The van der Waals surface area contributed by atoms with Crippen LogP contribution in [0.2, 0.25) is 0 Å². The largest absolute Gasteiger partial charge is 0.466 e. The summed E-state index contributed by atoms with van der Waals surface area (Å²) in [6.07, 6.45) is -0.604. The minimum Gasteiger partial charge on any atom is -0.466 e. The lowest BCUT2D eigenvalue weighted by molar-refractivity contribution is -0.149. The molecule has 13 heteroatoms. The van der Waals surface area contributed by atoms with E-state index in [9.17, 15) is 28.8 Å². The van der Waals surface area contributed by atoms with Crippen molar-refractivity contribution in [3.8, 4) is 0 Å². The molecule has 0 radical (unpaired) electrons. The Morgan fingerprint density at radius 1 is 1.00 bits per heavy atom. The molecule has 13 nitrogen and oxygen atoms in total. The van der Waals surface area contributed by atoms with E-state index in [4.69, 9.17) is 14.2 Å². The molecule has 41 heavy (non-hydrogen) atoms. The van der Waals surface area contributed by atoms with Crippen LogP contribution in [0.3, 0.4) is 0 Å². The predicted molar refractivity (Wildman–Crippen MR) is 148 cm³/mol. The third kappa shape index (κ3) is 10.1. The van der Waals surface area contributed by atoms with E-state index in [0.717, 1.165) is 5.56 Å². The molecule has 0 fully saturated rings. The summed E-state index contributed by atoms with van der Waals surface area (Å²) in [5.41, 5.74) is 0.556. The normalized spacial score (nSPS) is 15.6. The summed E-state index contributed by atoms with van der Waals surface area (Å²) in [5.74, 6) is -3.17. The number of ether oxygens (including phenoxy) is 3. The van der Waals surface area contributed by atoms with Gasteiger partial charge in [0.25, 0.3) is 0 Å². The molecule has 0 saturated carbocycles. The molecule has 3 atom stereocenters. The Morgan fingerprint density at radius 3 is 2.29 bits per heavy atom. The summed E-state index contributed by atoms with van der Waals surface area (Å²) in [5, 5.41) is 7.45. The van der Waals surface area contributed by atoms with Crippen LogP contribution in [0, 0.1) is 0 Å². The van der Waals surface area contributed by atoms with Crippen molar-refractivity contribution in [2.45, 2.75) is 84.5 Å². The maximum absolute atomic E-state index is 13.1. The number of nitrogens with zero attached hydrogens (tertiary/aromatic N) is 1. The van der Waals surface area contributed by atoms with Gasteiger partial charge in [-0.25, -0.2) is 9.59 Å². The average molecular weight is 577 g/mol. The van der Waals surface area contributed by atoms with Crippen LogP contribution in [-0.4, -0.2) is 79.2 Å². The van der Waals surface area contributed by atoms with Crippen LogP contribution in [0.15, 0.2) is 24.3 Å². The van der Waals surface area contributed by atoms with E-state index in [2.05, 4.69) is 16.0 Å². The van der Waals surface area contributed by atoms with Crippen molar-refractivity contribution < 1.29 is 43.0 Å². The molecule has 226 valence electrons. The van der Waals surface area contributed by atoms with E-state index < -0.39 is 66.0 Å². The van der Waals surface area contributed by atoms with E-state index in [1.807, 2.05) is 6.07 Å². The number of carbonyl (C=O) groups is 6. The van der Waals surface area contributed by atoms with E-state index >= 15 is 0 Å². The lowest BCUT2D eigenvalue weighted by atomic mass is 10.1. The molecule has 4 amide bonds. The lowest BCUT2D eigenvalue weighted by Crippen LogP contribution is -2.54. The summed E-state index contributed by atoms with van der Waals surface area (Å²) < 4.78 is 15.3. The fourth-order valence-corrected chi connectivity index (χ4v) is 4.06. The number of hydrogen-bond acceptors (Lipinski definition) is 9. The summed E-state index contributed by atoms with van der Waals surface area (Å²) in [4.78, 5) is 76.5. The van der Waals surface area contributed by atoms with Gasteiger partial charge in [-0.15, -0.1) is 0 Å². The van der Waals surface area contributed by atoms with Crippen LogP contribution < -0.4 is 20.9 Å². The number of para-hydroxylation sites is 1. The summed E-state index contributed by atoms with van der Waals surface area (Å²) in [6, 6.07) is 3.95. The van der Waals surface area contributed by atoms with Gasteiger partial charge in [-0.1, -0.05) is 18.2 Å². The van der Waals surface area contributed by atoms with Gasteiger partial charge in [0.15, 0.2) is 0 Å². The second-order valence-corrected chi connectivity index (χ2v) is 10.4. The van der Waals surface area contributed by atoms with Crippen molar-refractivity contribution in [2.24, 2.45) is 0 Å². The highest BCUT2D eigenvalue weighted by molar-refractivity contribution is 6.01. The smallest absolute Gasteiger partial charge is 0.415 e. The first-order valence-corrected chi connectivity index (χ1v) is 13.6.